The van der Waals surface area contributed by atoms with E-state index < -0.39 is 0 Å². The third-order valence-electron chi connectivity index (χ3n) is 3.66. The average Bonchev–Trinajstić information content (AvgIpc) is 3.04. The Kier molecular flexibility index (Phi) is 2.94. The Morgan fingerprint density at radius 1 is 1.14 bits per heavy atom. The van der Waals surface area contributed by atoms with Gasteiger partial charge in [0.25, 0.3) is 0 Å². The first-order valence-corrected chi connectivity index (χ1v) is 7.72. The summed E-state index contributed by atoms with van der Waals surface area (Å²) in [6, 6.07) is 15.7. The van der Waals surface area contributed by atoms with Crippen molar-refractivity contribution in [1.29, 1.82) is 0 Å². The van der Waals surface area contributed by atoms with Gasteiger partial charge in [0, 0.05) is 17.1 Å². The number of benzene rings is 2. The van der Waals surface area contributed by atoms with Crippen molar-refractivity contribution < 1.29 is 5.11 Å². The van der Waals surface area contributed by atoms with Crippen LogP contribution in [0, 0.1) is 0 Å². The fraction of sp³-hybridized carbons (Fsp3) is 0.0588. The first-order valence-electron chi connectivity index (χ1n) is 6.90. The van der Waals surface area contributed by atoms with Crippen LogP contribution in [-0.4, -0.2) is 20.9 Å². The Morgan fingerprint density at radius 3 is 2.73 bits per heavy atom. The number of aromatic hydroxyl groups is 1. The monoisotopic (exact) mass is 307 g/mol. The highest BCUT2D eigenvalue weighted by atomic mass is 32.1. The average molecular weight is 307 g/mol. The fourth-order valence-electron chi connectivity index (χ4n) is 2.50. The summed E-state index contributed by atoms with van der Waals surface area (Å²) < 4.78 is 2.99. The number of fused-ring (bicyclic) bond motifs is 2. The molecule has 0 saturated heterocycles. The number of aliphatic imine (C=N–C) groups is 1. The summed E-state index contributed by atoms with van der Waals surface area (Å²) in [5, 5.41) is 11.1. The van der Waals surface area contributed by atoms with Gasteiger partial charge in [-0.2, -0.15) is 0 Å². The molecule has 2 heterocycles. The number of aromatic nitrogens is 2. The van der Waals surface area contributed by atoms with Crippen molar-refractivity contribution in [3.63, 3.8) is 0 Å². The quantitative estimate of drug-likeness (QED) is 0.563. The number of thiophene rings is 1. The van der Waals surface area contributed by atoms with E-state index in [1.165, 1.54) is 11.3 Å². The molecule has 2 aromatic heterocycles. The van der Waals surface area contributed by atoms with E-state index in [-0.39, 0.29) is 5.75 Å². The van der Waals surface area contributed by atoms with Crippen LogP contribution in [0.5, 0.6) is 5.75 Å². The number of nitrogens with zero attached hydrogens (tertiary/aromatic N) is 3. The van der Waals surface area contributed by atoms with E-state index in [9.17, 15) is 5.11 Å². The maximum atomic E-state index is 10.3. The summed E-state index contributed by atoms with van der Waals surface area (Å²) in [5.41, 5.74) is 1.95. The molecule has 0 aliphatic carbocycles. The molecular formula is C17H13N3OS. The van der Waals surface area contributed by atoms with Crippen molar-refractivity contribution in [2.24, 2.45) is 12.0 Å². The SMILES string of the molecule is Cn1c(N=Cc2sc3ccccc3c2O)nc2ccccc21. The minimum absolute atomic E-state index is 0.281. The Bertz CT molecular complexity index is 931. The van der Waals surface area contributed by atoms with Crippen molar-refractivity contribution in [1.82, 2.24) is 9.55 Å². The van der Waals surface area contributed by atoms with Gasteiger partial charge in [0.05, 0.1) is 22.1 Å². The summed E-state index contributed by atoms with van der Waals surface area (Å²) in [4.78, 5) is 9.69. The van der Waals surface area contributed by atoms with Crippen LogP contribution in [0.1, 0.15) is 4.88 Å². The van der Waals surface area contributed by atoms with E-state index in [0.717, 1.165) is 26.0 Å². The molecule has 0 aliphatic rings. The highest BCUT2D eigenvalue weighted by Crippen LogP contribution is 2.35. The van der Waals surface area contributed by atoms with Crippen LogP contribution in [0.15, 0.2) is 53.5 Å². The lowest BCUT2D eigenvalue weighted by Crippen LogP contribution is -1.86. The Morgan fingerprint density at radius 2 is 1.91 bits per heavy atom. The lowest BCUT2D eigenvalue weighted by molar-refractivity contribution is 0.483. The molecule has 0 spiro atoms. The summed E-state index contributed by atoms with van der Waals surface area (Å²) >= 11 is 1.52. The Hall–Kier alpha value is -2.66. The normalized spacial score (nSPS) is 11.9. The van der Waals surface area contributed by atoms with E-state index in [1.807, 2.05) is 60.1 Å². The number of rotatable bonds is 2. The van der Waals surface area contributed by atoms with Gasteiger partial charge in [-0.1, -0.05) is 24.3 Å². The van der Waals surface area contributed by atoms with Crippen LogP contribution in [-0.2, 0) is 7.05 Å². The van der Waals surface area contributed by atoms with Crippen molar-refractivity contribution in [3.05, 3.63) is 53.4 Å². The molecule has 0 unspecified atom stereocenters. The zero-order valence-corrected chi connectivity index (χ0v) is 12.7. The van der Waals surface area contributed by atoms with E-state index in [4.69, 9.17) is 0 Å². The molecule has 22 heavy (non-hydrogen) atoms. The van der Waals surface area contributed by atoms with Gasteiger partial charge in [-0.15, -0.1) is 11.3 Å². The molecule has 2 aromatic carbocycles. The molecular weight excluding hydrogens is 294 g/mol. The van der Waals surface area contributed by atoms with Crippen molar-refractivity contribution in [2.75, 3.05) is 0 Å². The second kappa shape index (κ2) is 4.96. The standard InChI is InChI=1S/C17H13N3OS/c1-20-13-8-4-3-7-12(13)19-17(20)18-10-15-16(21)11-6-2-5-9-14(11)22-15/h2-10,21H,1H3. The van der Waals surface area contributed by atoms with Gasteiger partial charge in [-0.25, -0.2) is 9.98 Å². The number of hydrogen-bond donors (Lipinski definition) is 1. The van der Waals surface area contributed by atoms with Gasteiger partial charge in [-0.05, 0) is 24.3 Å². The number of para-hydroxylation sites is 2. The topological polar surface area (TPSA) is 50.4 Å². The van der Waals surface area contributed by atoms with Crippen LogP contribution in [0.25, 0.3) is 21.1 Å². The van der Waals surface area contributed by atoms with Gasteiger partial charge in [0.15, 0.2) is 0 Å². The lowest BCUT2D eigenvalue weighted by atomic mass is 10.2. The lowest BCUT2D eigenvalue weighted by Gasteiger charge is -1.95. The molecule has 4 rings (SSSR count). The molecule has 4 aromatic rings. The van der Waals surface area contributed by atoms with E-state index >= 15 is 0 Å². The van der Waals surface area contributed by atoms with Crippen LogP contribution < -0.4 is 0 Å². The number of aryl methyl sites for hydroxylation is 1. The van der Waals surface area contributed by atoms with Crippen LogP contribution in [0.4, 0.5) is 5.95 Å². The summed E-state index contributed by atoms with van der Waals surface area (Å²) in [6.07, 6.45) is 1.68. The Labute approximate surface area is 131 Å². The van der Waals surface area contributed by atoms with Gasteiger partial charge in [-0.3, -0.25) is 0 Å². The van der Waals surface area contributed by atoms with Gasteiger partial charge < -0.3 is 9.67 Å². The van der Waals surface area contributed by atoms with Crippen LogP contribution >= 0.6 is 11.3 Å². The predicted octanol–water partition coefficient (Wildman–Crippen LogP) is 4.24. The van der Waals surface area contributed by atoms with E-state index in [1.54, 1.807) is 6.21 Å². The predicted molar refractivity (Wildman–Crippen MR) is 91.5 cm³/mol. The molecule has 0 radical (unpaired) electrons. The van der Waals surface area contributed by atoms with Crippen molar-refractivity contribution in [3.8, 4) is 5.75 Å². The van der Waals surface area contributed by atoms with Crippen LogP contribution in [0.3, 0.4) is 0 Å². The van der Waals surface area contributed by atoms with Crippen molar-refractivity contribution >= 4 is 44.6 Å². The number of imidazole rings is 1. The molecule has 1 N–H and O–H groups in total. The van der Waals surface area contributed by atoms with E-state index in [0.29, 0.717) is 5.95 Å². The maximum Gasteiger partial charge on any atom is 0.230 e. The first-order chi connectivity index (χ1) is 10.7. The third kappa shape index (κ3) is 1.98. The third-order valence-corrected chi connectivity index (χ3v) is 4.75. The molecule has 0 saturated carbocycles. The van der Waals surface area contributed by atoms with E-state index in [2.05, 4.69) is 9.98 Å². The minimum Gasteiger partial charge on any atom is -0.506 e. The maximum absolute atomic E-state index is 10.3. The zero-order chi connectivity index (χ0) is 15.1. The molecule has 5 heteroatoms. The number of hydrogen-bond acceptors (Lipinski definition) is 4. The smallest absolute Gasteiger partial charge is 0.230 e. The largest absolute Gasteiger partial charge is 0.506 e. The molecule has 0 bridgehead atoms. The highest BCUT2D eigenvalue weighted by Gasteiger charge is 2.10. The highest BCUT2D eigenvalue weighted by molar-refractivity contribution is 7.21. The molecule has 108 valence electrons. The molecule has 0 fully saturated rings. The van der Waals surface area contributed by atoms with Gasteiger partial charge in [0.1, 0.15) is 5.75 Å². The second-order valence-electron chi connectivity index (χ2n) is 5.03. The fourth-order valence-corrected chi connectivity index (χ4v) is 3.47. The summed E-state index contributed by atoms with van der Waals surface area (Å²) in [6.45, 7) is 0. The van der Waals surface area contributed by atoms with Gasteiger partial charge >= 0.3 is 0 Å². The first kappa shape index (κ1) is 13.0. The Balaban J connectivity index is 1.79. The van der Waals surface area contributed by atoms with Gasteiger partial charge in [0.2, 0.25) is 5.95 Å². The van der Waals surface area contributed by atoms with Crippen LogP contribution in [0.2, 0.25) is 0 Å². The minimum atomic E-state index is 0.281. The molecule has 4 nitrogen and oxygen atoms in total. The molecule has 0 amide bonds. The summed E-state index contributed by atoms with van der Waals surface area (Å²) in [7, 11) is 1.94. The molecule has 0 aliphatic heterocycles. The van der Waals surface area contributed by atoms with Crippen molar-refractivity contribution in [2.45, 2.75) is 0 Å². The second-order valence-corrected chi connectivity index (χ2v) is 6.11. The zero-order valence-electron chi connectivity index (χ0n) is 11.9. The summed E-state index contributed by atoms with van der Waals surface area (Å²) in [5.74, 6) is 0.904. The molecule has 0 atom stereocenters.